The van der Waals surface area contributed by atoms with Crippen LogP contribution < -0.4 is 0 Å². The summed E-state index contributed by atoms with van der Waals surface area (Å²) in [6.45, 7) is 0.392. The number of hydrogen-bond donors (Lipinski definition) is 2. The van der Waals surface area contributed by atoms with Crippen molar-refractivity contribution in [1.82, 2.24) is 0 Å². The molecule has 0 bridgehead atoms. The maximum absolute atomic E-state index is 11.1. The second kappa shape index (κ2) is 6.95. The third kappa shape index (κ3) is 3.14. The summed E-state index contributed by atoms with van der Waals surface area (Å²) in [5, 5.41) is 20.5. The molecule has 0 aromatic carbocycles. The molecule has 3 fully saturated rings. The summed E-state index contributed by atoms with van der Waals surface area (Å²) in [5.74, 6) is -0.284. The van der Waals surface area contributed by atoms with Gasteiger partial charge in [-0.1, -0.05) is 38.5 Å². The second-order valence-corrected chi connectivity index (χ2v) is 7.13. The third-order valence-electron chi connectivity index (χ3n) is 5.73. The Morgan fingerprint density at radius 1 is 0.952 bits per heavy atom. The number of aliphatic hydroxyl groups is 2. The molecule has 2 N–H and O–H groups in total. The Balaban J connectivity index is 1.77. The highest BCUT2D eigenvalue weighted by Crippen LogP contribution is 2.45. The molecule has 3 rings (SSSR count). The Labute approximate surface area is 127 Å². The van der Waals surface area contributed by atoms with Gasteiger partial charge in [-0.2, -0.15) is 0 Å². The zero-order valence-corrected chi connectivity index (χ0v) is 13.0. The first-order chi connectivity index (χ1) is 10.3. The van der Waals surface area contributed by atoms with Gasteiger partial charge < -0.3 is 19.7 Å². The minimum absolute atomic E-state index is 0.0220. The van der Waals surface area contributed by atoms with Crippen molar-refractivity contribution in [2.24, 2.45) is 11.8 Å². The van der Waals surface area contributed by atoms with Crippen molar-refractivity contribution in [2.45, 2.75) is 82.2 Å². The van der Waals surface area contributed by atoms with Crippen LogP contribution in [0.15, 0.2) is 0 Å². The standard InChI is InChI=1S/C17H30O4/c18-11-15-12-20-17(21-15,14-9-5-2-6-10-14)16(19)13-7-3-1-4-8-13/h13-16,18-19H,1-12H2. The van der Waals surface area contributed by atoms with Crippen LogP contribution in [0.4, 0.5) is 0 Å². The topological polar surface area (TPSA) is 58.9 Å². The maximum Gasteiger partial charge on any atom is 0.198 e. The predicted molar refractivity (Wildman–Crippen MR) is 79.8 cm³/mol. The smallest absolute Gasteiger partial charge is 0.198 e. The molecular formula is C17H30O4. The molecule has 0 spiro atoms. The van der Waals surface area contributed by atoms with Crippen LogP contribution in [0.2, 0.25) is 0 Å². The van der Waals surface area contributed by atoms with Crippen molar-refractivity contribution in [3.63, 3.8) is 0 Å². The van der Waals surface area contributed by atoms with E-state index in [4.69, 9.17) is 9.47 Å². The minimum Gasteiger partial charge on any atom is -0.394 e. The van der Waals surface area contributed by atoms with Crippen LogP contribution in [-0.2, 0) is 9.47 Å². The van der Waals surface area contributed by atoms with Gasteiger partial charge in [-0.05, 0) is 31.6 Å². The van der Waals surface area contributed by atoms with E-state index in [1.807, 2.05) is 0 Å². The van der Waals surface area contributed by atoms with E-state index in [2.05, 4.69) is 0 Å². The fraction of sp³-hybridized carbons (Fsp3) is 1.00. The first kappa shape index (κ1) is 15.7. The number of rotatable bonds is 4. The van der Waals surface area contributed by atoms with Gasteiger partial charge >= 0.3 is 0 Å². The molecule has 3 aliphatic rings. The van der Waals surface area contributed by atoms with Crippen molar-refractivity contribution < 1.29 is 19.7 Å². The van der Waals surface area contributed by atoms with E-state index in [-0.39, 0.29) is 24.5 Å². The Bertz CT molecular complexity index is 323. The highest BCUT2D eigenvalue weighted by Gasteiger charge is 2.54. The van der Waals surface area contributed by atoms with Crippen molar-refractivity contribution in [1.29, 1.82) is 0 Å². The Kier molecular flexibility index (Phi) is 5.20. The van der Waals surface area contributed by atoms with E-state index in [1.165, 1.54) is 38.5 Å². The molecular weight excluding hydrogens is 268 g/mol. The lowest BCUT2D eigenvalue weighted by atomic mass is 9.74. The van der Waals surface area contributed by atoms with Gasteiger partial charge in [0.15, 0.2) is 5.79 Å². The summed E-state index contributed by atoms with van der Waals surface area (Å²) in [5.41, 5.74) is 0. The van der Waals surface area contributed by atoms with E-state index in [1.54, 1.807) is 0 Å². The normalized spacial score (nSPS) is 37.7. The van der Waals surface area contributed by atoms with Crippen LogP contribution in [-0.4, -0.2) is 41.4 Å². The quantitative estimate of drug-likeness (QED) is 0.837. The van der Waals surface area contributed by atoms with E-state index >= 15 is 0 Å². The van der Waals surface area contributed by atoms with Gasteiger partial charge in [-0.25, -0.2) is 0 Å². The zero-order valence-electron chi connectivity index (χ0n) is 13.0. The Morgan fingerprint density at radius 2 is 1.57 bits per heavy atom. The van der Waals surface area contributed by atoms with E-state index in [9.17, 15) is 10.2 Å². The fourth-order valence-corrected chi connectivity index (χ4v) is 4.54. The average Bonchev–Trinajstić information content (AvgIpc) is 3.01. The molecule has 122 valence electrons. The summed E-state index contributed by atoms with van der Waals surface area (Å²) in [6, 6.07) is 0. The highest BCUT2D eigenvalue weighted by atomic mass is 16.8. The number of aliphatic hydroxyl groups excluding tert-OH is 2. The first-order valence-corrected chi connectivity index (χ1v) is 8.87. The summed E-state index contributed by atoms with van der Waals surface area (Å²) in [6.07, 6.45) is 10.8. The summed E-state index contributed by atoms with van der Waals surface area (Å²) in [7, 11) is 0. The molecule has 1 aliphatic heterocycles. The van der Waals surface area contributed by atoms with Crippen molar-refractivity contribution in [3.8, 4) is 0 Å². The molecule has 4 nitrogen and oxygen atoms in total. The van der Waals surface area contributed by atoms with Gasteiger partial charge in [0.25, 0.3) is 0 Å². The molecule has 3 unspecified atom stereocenters. The van der Waals surface area contributed by atoms with Crippen LogP contribution in [0.3, 0.4) is 0 Å². The molecule has 1 saturated heterocycles. The highest BCUT2D eigenvalue weighted by molar-refractivity contribution is 4.96. The molecule has 3 atom stereocenters. The zero-order chi connectivity index (χ0) is 14.7. The lowest BCUT2D eigenvalue weighted by molar-refractivity contribution is -0.278. The van der Waals surface area contributed by atoms with Gasteiger partial charge in [0.1, 0.15) is 12.2 Å². The minimum atomic E-state index is -0.851. The number of hydrogen-bond acceptors (Lipinski definition) is 4. The van der Waals surface area contributed by atoms with E-state index in [0.29, 0.717) is 6.61 Å². The van der Waals surface area contributed by atoms with Gasteiger partial charge in [-0.15, -0.1) is 0 Å². The lowest BCUT2D eigenvalue weighted by Crippen LogP contribution is -2.54. The molecule has 4 heteroatoms. The van der Waals surface area contributed by atoms with E-state index in [0.717, 1.165) is 25.7 Å². The van der Waals surface area contributed by atoms with Crippen LogP contribution in [0.1, 0.15) is 64.2 Å². The Hall–Kier alpha value is -0.160. The average molecular weight is 298 g/mol. The first-order valence-electron chi connectivity index (χ1n) is 8.87. The molecule has 0 aromatic heterocycles. The second-order valence-electron chi connectivity index (χ2n) is 7.13. The van der Waals surface area contributed by atoms with Gasteiger partial charge in [0.2, 0.25) is 0 Å². The molecule has 2 saturated carbocycles. The summed E-state index contributed by atoms with van der Waals surface area (Å²) >= 11 is 0. The van der Waals surface area contributed by atoms with Crippen LogP contribution in [0.5, 0.6) is 0 Å². The van der Waals surface area contributed by atoms with Crippen molar-refractivity contribution >= 4 is 0 Å². The molecule has 0 aromatic rings. The third-order valence-corrected chi connectivity index (χ3v) is 5.73. The molecule has 0 radical (unpaired) electrons. The molecule has 0 amide bonds. The number of ether oxygens (including phenoxy) is 2. The van der Waals surface area contributed by atoms with Gasteiger partial charge in [0.05, 0.1) is 13.2 Å². The van der Waals surface area contributed by atoms with Crippen molar-refractivity contribution in [2.75, 3.05) is 13.2 Å². The van der Waals surface area contributed by atoms with Gasteiger partial charge in [0, 0.05) is 5.92 Å². The monoisotopic (exact) mass is 298 g/mol. The van der Waals surface area contributed by atoms with Crippen LogP contribution >= 0.6 is 0 Å². The largest absolute Gasteiger partial charge is 0.394 e. The lowest BCUT2D eigenvalue weighted by Gasteiger charge is -2.44. The van der Waals surface area contributed by atoms with Crippen LogP contribution in [0, 0.1) is 11.8 Å². The molecule has 21 heavy (non-hydrogen) atoms. The van der Waals surface area contributed by atoms with Crippen molar-refractivity contribution in [3.05, 3.63) is 0 Å². The van der Waals surface area contributed by atoms with Crippen LogP contribution in [0.25, 0.3) is 0 Å². The van der Waals surface area contributed by atoms with Gasteiger partial charge in [-0.3, -0.25) is 0 Å². The predicted octanol–water partition coefficient (Wildman–Crippen LogP) is 2.61. The SMILES string of the molecule is OCC1COC(C2CCCCC2)(C(O)C2CCCCC2)O1. The summed E-state index contributed by atoms with van der Waals surface area (Å²) < 4.78 is 12.2. The van der Waals surface area contributed by atoms with E-state index < -0.39 is 11.9 Å². The Morgan fingerprint density at radius 3 is 2.14 bits per heavy atom. The fourth-order valence-electron chi connectivity index (χ4n) is 4.54. The summed E-state index contributed by atoms with van der Waals surface area (Å²) in [4.78, 5) is 0. The maximum atomic E-state index is 11.1. The molecule has 2 aliphatic carbocycles. The molecule has 1 heterocycles.